The fraction of sp³-hybridized carbons (Fsp3) is 0.769. The lowest BCUT2D eigenvalue weighted by atomic mass is 9.90. The van der Waals surface area contributed by atoms with Gasteiger partial charge in [0, 0.05) is 25.8 Å². The molecule has 1 fully saturated rings. The SMILES string of the molecule is CCc1cc(CC(NN)C2(C)CCCO2)n(C)n1. The van der Waals surface area contributed by atoms with E-state index in [1.54, 1.807) is 0 Å². The third-order valence-corrected chi connectivity index (χ3v) is 3.99. The van der Waals surface area contributed by atoms with Crippen molar-refractivity contribution in [3.63, 3.8) is 0 Å². The van der Waals surface area contributed by atoms with Gasteiger partial charge in [-0.15, -0.1) is 0 Å². The van der Waals surface area contributed by atoms with Gasteiger partial charge < -0.3 is 4.74 Å². The lowest BCUT2D eigenvalue weighted by molar-refractivity contribution is -0.0119. The minimum absolute atomic E-state index is 0.125. The first-order valence-electron chi connectivity index (χ1n) is 6.71. The average Bonchev–Trinajstić information content (AvgIpc) is 2.93. The van der Waals surface area contributed by atoms with Gasteiger partial charge in [0.2, 0.25) is 0 Å². The third-order valence-electron chi connectivity index (χ3n) is 3.99. The highest BCUT2D eigenvalue weighted by atomic mass is 16.5. The Kier molecular flexibility index (Phi) is 4.04. The van der Waals surface area contributed by atoms with E-state index in [0.717, 1.165) is 38.0 Å². The summed E-state index contributed by atoms with van der Waals surface area (Å²) in [6, 6.07) is 2.28. The van der Waals surface area contributed by atoms with E-state index in [1.807, 2.05) is 11.7 Å². The molecule has 2 unspecified atom stereocenters. The van der Waals surface area contributed by atoms with Crippen molar-refractivity contribution < 1.29 is 4.74 Å². The molecule has 0 bridgehead atoms. The first-order valence-corrected chi connectivity index (χ1v) is 6.71. The third kappa shape index (κ3) is 2.58. The second-order valence-electron chi connectivity index (χ2n) is 5.29. The number of hydrogen-bond acceptors (Lipinski definition) is 4. The fourth-order valence-electron chi connectivity index (χ4n) is 2.67. The normalized spacial score (nSPS) is 25.6. The van der Waals surface area contributed by atoms with E-state index >= 15 is 0 Å². The zero-order chi connectivity index (χ0) is 13.2. The highest BCUT2D eigenvalue weighted by molar-refractivity contribution is 5.13. The van der Waals surface area contributed by atoms with Crippen molar-refractivity contribution in [3.05, 3.63) is 17.5 Å². The number of nitrogens with two attached hydrogens (primary N) is 1. The van der Waals surface area contributed by atoms with Gasteiger partial charge in [-0.1, -0.05) is 6.92 Å². The first-order chi connectivity index (χ1) is 8.59. The van der Waals surface area contributed by atoms with Crippen LogP contribution in [-0.2, 0) is 24.6 Å². The molecule has 0 radical (unpaired) electrons. The zero-order valence-electron chi connectivity index (χ0n) is 11.6. The molecule has 102 valence electrons. The second kappa shape index (κ2) is 5.38. The van der Waals surface area contributed by atoms with Crippen LogP contribution in [0.4, 0.5) is 0 Å². The van der Waals surface area contributed by atoms with Crippen LogP contribution in [0.25, 0.3) is 0 Å². The van der Waals surface area contributed by atoms with Crippen molar-refractivity contribution in [1.29, 1.82) is 0 Å². The van der Waals surface area contributed by atoms with Gasteiger partial charge in [-0.3, -0.25) is 16.0 Å². The summed E-state index contributed by atoms with van der Waals surface area (Å²) < 4.78 is 7.81. The summed E-state index contributed by atoms with van der Waals surface area (Å²) in [5, 5.41) is 4.47. The Morgan fingerprint density at radius 2 is 2.44 bits per heavy atom. The number of rotatable bonds is 5. The number of aryl methyl sites for hydroxylation is 2. The van der Waals surface area contributed by atoms with E-state index in [4.69, 9.17) is 10.6 Å². The van der Waals surface area contributed by atoms with Crippen molar-refractivity contribution in [3.8, 4) is 0 Å². The molecule has 2 rings (SSSR count). The minimum atomic E-state index is -0.161. The molecule has 1 aromatic heterocycles. The molecule has 0 aromatic carbocycles. The molecule has 2 heterocycles. The summed E-state index contributed by atoms with van der Waals surface area (Å²) in [7, 11) is 1.99. The molecule has 18 heavy (non-hydrogen) atoms. The second-order valence-corrected chi connectivity index (χ2v) is 5.29. The number of hydrogen-bond donors (Lipinski definition) is 2. The molecule has 0 spiro atoms. The van der Waals surface area contributed by atoms with Gasteiger partial charge >= 0.3 is 0 Å². The van der Waals surface area contributed by atoms with E-state index in [2.05, 4.69) is 30.4 Å². The Morgan fingerprint density at radius 3 is 2.94 bits per heavy atom. The van der Waals surface area contributed by atoms with Crippen molar-refractivity contribution in [1.82, 2.24) is 15.2 Å². The maximum atomic E-state index is 5.87. The largest absolute Gasteiger partial charge is 0.374 e. The van der Waals surface area contributed by atoms with Crippen LogP contribution in [0.15, 0.2) is 6.07 Å². The maximum Gasteiger partial charge on any atom is 0.0824 e. The summed E-state index contributed by atoms with van der Waals surface area (Å²) in [5.41, 5.74) is 5.09. The monoisotopic (exact) mass is 252 g/mol. The molecule has 5 nitrogen and oxygen atoms in total. The lowest BCUT2D eigenvalue weighted by Crippen LogP contribution is -2.52. The topological polar surface area (TPSA) is 65.1 Å². The highest BCUT2D eigenvalue weighted by Crippen LogP contribution is 2.30. The van der Waals surface area contributed by atoms with Crippen LogP contribution in [0.1, 0.15) is 38.1 Å². The first kappa shape index (κ1) is 13.5. The maximum absolute atomic E-state index is 5.87. The van der Waals surface area contributed by atoms with Crippen LogP contribution < -0.4 is 11.3 Å². The summed E-state index contributed by atoms with van der Waals surface area (Å²) in [6.07, 6.45) is 3.97. The molecule has 5 heteroatoms. The number of nitrogens with zero attached hydrogens (tertiary/aromatic N) is 2. The predicted octanol–water partition coefficient (Wildman–Crippen LogP) is 0.926. The summed E-state index contributed by atoms with van der Waals surface area (Å²) in [6.45, 7) is 5.09. The Balaban J connectivity index is 2.12. The Hall–Kier alpha value is -0.910. The van der Waals surface area contributed by atoms with Crippen molar-refractivity contribution in [2.24, 2.45) is 12.9 Å². The van der Waals surface area contributed by atoms with Gasteiger partial charge in [-0.25, -0.2) is 0 Å². The highest BCUT2D eigenvalue weighted by Gasteiger charge is 2.38. The molecule has 1 saturated heterocycles. The molecule has 1 aliphatic heterocycles. The molecule has 0 saturated carbocycles. The zero-order valence-corrected chi connectivity index (χ0v) is 11.6. The number of hydrazine groups is 1. The van der Waals surface area contributed by atoms with Gasteiger partial charge in [0.05, 0.1) is 17.3 Å². The van der Waals surface area contributed by atoms with Gasteiger partial charge in [0.1, 0.15) is 0 Å². The lowest BCUT2D eigenvalue weighted by Gasteiger charge is -2.32. The Morgan fingerprint density at radius 1 is 1.67 bits per heavy atom. The molecule has 2 atom stereocenters. The molecular weight excluding hydrogens is 228 g/mol. The van der Waals surface area contributed by atoms with Crippen LogP contribution >= 0.6 is 0 Å². The van der Waals surface area contributed by atoms with Crippen molar-refractivity contribution in [2.45, 2.75) is 51.2 Å². The number of aromatic nitrogens is 2. The van der Waals surface area contributed by atoms with E-state index < -0.39 is 0 Å². The van der Waals surface area contributed by atoms with Crippen LogP contribution in [-0.4, -0.2) is 28.0 Å². The van der Waals surface area contributed by atoms with E-state index in [9.17, 15) is 0 Å². The Labute approximate surface area is 109 Å². The molecule has 1 aromatic rings. The van der Waals surface area contributed by atoms with Crippen molar-refractivity contribution in [2.75, 3.05) is 6.61 Å². The number of nitrogens with one attached hydrogen (secondary N) is 1. The summed E-state index contributed by atoms with van der Waals surface area (Å²) in [5.74, 6) is 5.72. The smallest absolute Gasteiger partial charge is 0.0824 e. The van der Waals surface area contributed by atoms with E-state index in [-0.39, 0.29) is 11.6 Å². The van der Waals surface area contributed by atoms with Crippen LogP contribution in [0.2, 0.25) is 0 Å². The van der Waals surface area contributed by atoms with Crippen LogP contribution in [0.3, 0.4) is 0 Å². The molecule has 0 aliphatic carbocycles. The van der Waals surface area contributed by atoms with E-state index in [0.29, 0.717) is 0 Å². The predicted molar refractivity (Wildman–Crippen MR) is 71.0 cm³/mol. The quantitative estimate of drug-likeness (QED) is 0.604. The van der Waals surface area contributed by atoms with Gasteiger partial charge in [0.25, 0.3) is 0 Å². The molecular formula is C13H24N4O. The van der Waals surface area contributed by atoms with Crippen molar-refractivity contribution >= 4 is 0 Å². The standard InChI is InChI=1S/C13H24N4O/c1-4-10-8-11(17(3)16-10)9-12(15-14)13(2)6-5-7-18-13/h8,12,15H,4-7,9,14H2,1-3H3. The average molecular weight is 252 g/mol. The molecule has 3 N–H and O–H groups in total. The summed E-state index contributed by atoms with van der Waals surface area (Å²) >= 11 is 0. The van der Waals surface area contributed by atoms with Gasteiger partial charge in [-0.05, 0) is 32.3 Å². The Bertz CT molecular complexity index is 396. The van der Waals surface area contributed by atoms with Crippen LogP contribution in [0.5, 0.6) is 0 Å². The fourth-order valence-corrected chi connectivity index (χ4v) is 2.67. The van der Waals surface area contributed by atoms with E-state index in [1.165, 1.54) is 5.69 Å². The number of ether oxygens (including phenoxy) is 1. The van der Waals surface area contributed by atoms with Gasteiger partial charge in [-0.2, -0.15) is 5.10 Å². The van der Waals surface area contributed by atoms with Crippen LogP contribution in [0, 0.1) is 0 Å². The van der Waals surface area contributed by atoms with Gasteiger partial charge in [0.15, 0.2) is 0 Å². The molecule has 1 aliphatic rings. The summed E-state index contributed by atoms with van der Waals surface area (Å²) in [4.78, 5) is 0. The minimum Gasteiger partial charge on any atom is -0.374 e. The molecule has 0 amide bonds.